The Kier molecular flexibility index (Phi) is 3.36. The minimum absolute atomic E-state index is 0.0719. The lowest BCUT2D eigenvalue weighted by molar-refractivity contribution is -0.129. The summed E-state index contributed by atoms with van der Waals surface area (Å²) in [4.78, 5) is 13.0. The average molecular weight is 262 g/mol. The maximum atomic E-state index is 13.7. The van der Waals surface area contributed by atoms with E-state index < -0.39 is 5.82 Å². The number of hydrogen-bond donors (Lipinski definition) is 0. The summed E-state index contributed by atoms with van der Waals surface area (Å²) in [5.41, 5.74) is 1.43. The van der Waals surface area contributed by atoms with Crippen LogP contribution >= 0.6 is 23.2 Å². The highest BCUT2D eigenvalue weighted by molar-refractivity contribution is 6.30. The Hall–Kier alpha value is -0.800. The summed E-state index contributed by atoms with van der Waals surface area (Å²) < 4.78 is 13.7. The molecule has 0 unspecified atom stereocenters. The number of carbonyl (C=O) groups is 1. The van der Waals surface area contributed by atoms with E-state index in [9.17, 15) is 9.18 Å². The first-order chi connectivity index (χ1) is 7.63. The molecule has 1 amide bonds. The highest BCUT2D eigenvalue weighted by Crippen LogP contribution is 2.26. The maximum Gasteiger partial charge on any atom is 0.237 e. The number of hydrogen-bond acceptors (Lipinski definition) is 1. The summed E-state index contributed by atoms with van der Waals surface area (Å²) >= 11 is 11.2. The number of halogens is 3. The second-order valence-electron chi connectivity index (χ2n) is 3.70. The Morgan fingerprint density at radius 1 is 1.50 bits per heavy atom. The molecule has 0 saturated carbocycles. The zero-order chi connectivity index (χ0) is 11.7. The van der Waals surface area contributed by atoms with E-state index in [1.807, 2.05) is 6.07 Å². The summed E-state index contributed by atoms with van der Waals surface area (Å²) in [7, 11) is 0. The molecule has 0 aromatic heterocycles. The van der Waals surface area contributed by atoms with Gasteiger partial charge in [-0.3, -0.25) is 4.79 Å². The average Bonchev–Trinajstić information content (AvgIpc) is 2.32. The van der Waals surface area contributed by atoms with Gasteiger partial charge < -0.3 is 4.90 Å². The van der Waals surface area contributed by atoms with Crippen molar-refractivity contribution in [3.8, 4) is 0 Å². The summed E-state index contributed by atoms with van der Waals surface area (Å²) in [6.07, 6.45) is 0.645. The smallest absolute Gasteiger partial charge is 0.237 e. The minimum atomic E-state index is -0.425. The van der Waals surface area contributed by atoms with Crippen LogP contribution in [0.2, 0.25) is 5.02 Å². The SMILES string of the molecule is O=C(CCl)N1CCc2ccc(Cl)c(F)c2C1. The van der Waals surface area contributed by atoms with Gasteiger partial charge in [-0.2, -0.15) is 0 Å². The van der Waals surface area contributed by atoms with Gasteiger partial charge in [-0.05, 0) is 18.1 Å². The Morgan fingerprint density at radius 3 is 2.94 bits per heavy atom. The Balaban J connectivity index is 2.32. The van der Waals surface area contributed by atoms with E-state index in [-0.39, 0.29) is 23.4 Å². The summed E-state index contributed by atoms with van der Waals surface area (Å²) in [6, 6.07) is 3.36. The van der Waals surface area contributed by atoms with Crippen molar-refractivity contribution in [3.05, 3.63) is 34.1 Å². The third-order valence-electron chi connectivity index (χ3n) is 2.76. The molecule has 1 heterocycles. The molecular formula is C11H10Cl2FNO. The number of alkyl halides is 1. The van der Waals surface area contributed by atoms with Crippen LogP contribution in [0, 0.1) is 5.82 Å². The fourth-order valence-corrected chi connectivity index (χ4v) is 2.21. The molecule has 1 aromatic carbocycles. The molecule has 0 bridgehead atoms. The second-order valence-corrected chi connectivity index (χ2v) is 4.37. The molecule has 0 spiro atoms. The first-order valence-electron chi connectivity index (χ1n) is 4.93. The van der Waals surface area contributed by atoms with Crippen molar-refractivity contribution in [2.75, 3.05) is 12.4 Å². The molecule has 0 fully saturated rings. The van der Waals surface area contributed by atoms with Crippen LogP contribution in [0.25, 0.3) is 0 Å². The lowest BCUT2D eigenvalue weighted by Crippen LogP contribution is -2.37. The van der Waals surface area contributed by atoms with Crippen LogP contribution in [0.4, 0.5) is 4.39 Å². The van der Waals surface area contributed by atoms with Gasteiger partial charge in [0.15, 0.2) is 0 Å². The van der Waals surface area contributed by atoms with Gasteiger partial charge in [0, 0.05) is 18.7 Å². The number of amides is 1. The molecule has 5 heteroatoms. The molecule has 0 N–H and O–H groups in total. The number of rotatable bonds is 1. The first-order valence-corrected chi connectivity index (χ1v) is 5.84. The molecule has 16 heavy (non-hydrogen) atoms. The van der Waals surface area contributed by atoms with Crippen molar-refractivity contribution in [2.45, 2.75) is 13.0 Å². The maximum absolute atomic E-state index is 13.7. The van der Waals surface area contributed by atoms with Crippen molar-refractivity contribution in [2.24, 2.45) is 0 Å². The Labute approximate surface area is 103 Å². The number of benzene rings is 1. The Morgan fingerprint density at radius 2 is 2.25 bits per heavy atom. The van der Waals surface area contributed by atoms with Crippen molar-refractivity contribution >= 4 is 29.1 Å². The third kappa shape index (κ3) is 2.02. The van der Waals surface area contributed by atoms with Crippen molar-refractivity contribution < 1.29 is 9.18 Å². The fraction of sp³-hybridized carbons (Fsp3) is 0.364. The molecular weight excluding hydrogens is 252 g/mol. The standard InChI is InChI=1S/C11H10Cl2FNO/c12-5-10(16)15-4-3-7-1-2-9(13)11(14)8(7)6-15/h1-2H,3-6H2. The zero-order valence-electron chi connectivity index (χ0n) is 8.47. The third-order valence-corrected chi connectivity index (χ3v) is 3.28. The van der Waals surface area contributed by atoms with Crippen LogP contribution in [0.1, 0.15) is 11.1 Å². The first kappa shape index (κ1) is 11.7. The summed E-state index contributed by atoms with van der Waals surface area (Å²) in [5.74, 6) is -0.671. The number of carbonyl (C=O) groups excluding carboxylic acids is 1. The Bertz CT molecular complexity index is 436. The van der Waals surface area contributed by atoms with Crippen LogP contribution in [-0.4, -0.2) is 23.2 Å². The number of fused-ring (bicyclic) bond motifs is 1. The monoisotopic (exact) mass is 261 g/mol. The van der Waals surface area contributed by atoms with Crippen molar-refractivity contribution in [1.82, 2.24) is 4.90 Å². The van der Waals surface area contributed by atoms with E-state index in [0.717, 1.165) is 5.56 Å². The van der Waals surface area contributed by atoms with Gasteiger partial charge >= 0.3 is 0 Å². The number of nitrogens with zero attached hydrogens (tertiary/aromatic N) is 1. The molecule has 1 aromatic rings. The van der Waals surface area contributed by atoms with Gasteiger partial charge in [-0.25, -0.2) is 4.39 Å². The summed E-state index contributed by atoms with van der Waals surface area (Å²) in [5, 5.41) is 0.0962. The van der Waals surface area contributed by atoms with E-state index >= 15 is 0 Å². The van der Waals surface area contributed by atoms with E-state index in [1.165, 1.54) is 0 Å². The largest absolute Gasteiger partial charge is 0.337 e. The second kappa shape index (κ2) is 4.60. The molecule has 1 aliphatic rings. The highest BCUT2D eigenvalue weighted by atomic mass is 35.5. The molecule has 0 aliphatic carbocycles. The van der Waals surface area contributed by atoms with Crippen LogP contribution < -0.4 is 0 Å². The molecule has 0 radical (unpaired) electrons. The molecule has 0 atom stereocenters. The van der Waals surface area contributed by atoms with Gasteiger partial charge in [0.25, 0.3) is 0 Å². The van der Waals surface area contributed by atoms with E-state index in [4.69, 9.17) is 23.2 Å². The quantitative estimate of drug-likeness (QED) is 0.712. The normalized spacial score (nSPS) is 14.8. The lowest BCUT2D eigenvalue weighted by Gasteiger charge is -2.28. The van der Waals surface area contributed by atoms with Crippen LogP contribution in [-0.2, 0) is 17.8 Å². The fourth-order valence-electron chi connectivity index (χ4n) is 1.86. The van der Waals surface area contributed by atoms with Gasteiger partial charge in [0.1, 0.15) is 11.7 Å². The summed E-state index contributed by atoms with van der Waals surface area (Å²) in [6.45, 7) is 0.840. The van der Waals surface area contributed by atoms with Crippen LogP contribution in [0.5, 0.6) is 0 Å². The van der Waals surface area contributed by atoms with Crippen molar-refractivity contribution in [1.29, 1.82) is 0 Å². The molecule has 2 rings (SSSR count). The van der Waals surface area contributed by atoms with Crippen molar-refractivity contribution in [3.63, 3.8) is 0 Å². The van der Waals surface area contributed by atoms with Gasteiger partial charge in [-0.15, -0.1) is 11.6 Å². The topological polar surface area (TPSA) is 20.3 Å². The van der Waals surface area contributed by atoms with Gasteiger partial charge in [0.05, 0.1) is 5.02 Å². The minimum Gasteiger partial charge on any atom is -0.337 e. The van der Waals surface area contributed by atoms with E-state index in [2.05, 4.69) is 0 Å². The molecule has 2 nitrogen and oxygen atoms in total. The van der Waals surface area contributed by atoms with Crippen LogP contribution in [0.3, 0.4) is 0 Å². The van der Waals surface area contributed by atoms with E-state index in [1.54, 1.807) is 11.0 Å². The zero-order valence-corrected chi connectivity index (χ0v) is 9.98. The highest BCUT2D eigenvalue weighted by Gasteiger charge is 2.23. The molecule has 0 saturated heterocycles. The predicted molar refractivity (Wildman–Crippen MR) is 61.3 cm³/mol. The molecule has 1 aliphatic heterocycles. The van der Waals surface area contributed by atoms with E-state index in [0.29, 0.717) is 18.5 Å². The van der Waals surface area contributed by atoms with Gasteiger partial charge in [-0.1, -0.05) is 17.7 Å². The lowest BCUT2D eigenvalue weighted by atomic mass is 9.99. The predicted octanol–water partition coefficient (Wildman–Crippen LogP) is 2.60. The molecule has 86 valence electrons. The van der Waals surface area contributed by atoms with Gasteiger partial charge in [0.2, 0.25) is 5.91 Å². The van der Waals surface area contributed by atoms with Crippen LogP contribution in [0.15, 0.2) is 12.1 Å².